The van der Waals surface area contributed by atoms with Crippen molar-refractivity contribution in [3.05, 3.63) is 29.6 Å². The van der Waals surface area contributed by atoms with Crippen LogP contribution in [0.1, 0.15) is 12.0 Å². The molecule has 0 aliphatic rings. The fraction of sp³-hybridized carbons (Fsp3) is 0.462. The number of hydrogen-bond acceptors (Lipinski definition) is 4. The molecule has 0 radical (unpaired) electrons. The van der Waals surface area contributed by atoms with Crippen LogP contribution in [0.25, 0.3) is 0 Å². The van der Waals surface area contributed by atoms with Gasteiger partial charge >= 0.3 is 5.97 Å². The highest BCUT2D eigenvalue weighted by atomic mass is 19.1. The maximum atomic E-state index is 13.6. The van der Waals surface area contributed by atoms with Gasteiger partial charge in [-0.25, -0.2) is 4.39 Å². The van der Waals surface area contributed by atoms with Crippen molar-refractivity contribution in [2.75, 3.05) is 20.8 Å². The topological polar surface area (TPSA) is 47.6 Å². The molecule has 0 bridgehead atoms. The summed E-state index contributed by atoms with van der Waals surface area (Å²) in [4.78, 5) is 11.3. The van der Waals surface area contributed by atoms with Crippen LogP contribution in [0.15, 0.2) is 18.2 Å². The first-order valence-corrected chi connectivity index (χ1v) is 5.73. The van der Waals surface area contributed by atoms with Gasteiger partial charge in [0.25, 0.3) is 0 Å². The highest BCUT2D eigenvalue weighted by molar-refractivity contribution is 5.75. The van der Waals surface area contributed by atoms with Crippen molar-refractivity contribution in [1.82, 2.24) is 5.32 Å². The van der Waals surface area contributed by atoms with Crippen LogP contribution < -0.4 is 10.1 Å². The number of esters is 1. The Morgan fingerprint density at radius 3 is 2.83 bits per heavy atom. The van der Waals surface area contributed by atoms with Gasteiger partial charge in [0.1, 0.15) is 6.04 Å². The van der Waals surface area contributed by atoms with E-state index in [1.54, 1.807) is 32.2 Å². The van der Waals surface area contributed by atoms with Gasteiger partial charge in [0, 0.05) is 6.42 Å². The third-order valence-corrected chi connectivity index (χ3v) is 2.65. The number of hydrogen-bond donors (Lipinski definition) is 1. The summed E-state index contributed by atoms with van der Waals surface area (Å²) in [6, 6.07) is 4.52. The minimum absolute atomic E-state index is 0.203. The summed E-state index contributed by atoms with van der Waals surface area (Å²) >= 11 is 0. The molecule has 18 heavy (non-hydrogen) atoms. The zero-order chi connectivity index (χ0) is 13.5. The molecular formula is C13H18FNO3. The number of benzene rings is 1. The van der Waals surface area contributed by atoms with Crippen molar-refractivity contribution in [2.24, 2.45) is 0 Å². The van der Waals surface area contributed by atoms with Gasteiger partial charge in [0.2, 0.25) is 0 Å². The molecule has 100 valence electrons. The lowest BCUT2D eigenvalue weighted by molar-refractivity contribution is -0.143. The Labute approximate surface area is 106 Å². The van der Waals surface area contributed by atoms with Crippen molar-refractivity contribution in [3.8, 4) is 5.75 Å². The molecule has 0 aliphatic carbocycles. The Morgan fingerprint density at radius 2 is 2.22 bits per heavy atom. The van der Waals surface area contributed by atoms with Crippen molar-refractivity contribution in [2.45, 2.75) is 19.4 Å². The molecule has 0 saturated carbocycles. The Hall–Kier alpha value is -1.62. The van der Waals surface area contributed by atoms with Crippen molar-refractivity contribution >= 4 is 5.97 Å². The average molecular weight is 255 g/mol. The van der Waals surface area contributed by atoms with E-state index in [0.29, 0.717) is 12.0 Å². The molecule has 1 N–H and O–H groups in total. The van der Waals surface area contributed by atoms with Crippen LogP contribution >= 0.6 is 0 Å². The highest BCUT2D eigenvalue weighted by Gasteiger charge is 2.17. The third-order valence-electron chi connectivity index (χ3n) is 2.65. The number of aryl methyl sites for hydroxylation is 1. The zero-order valence-electron chi connectivity index (χ0n) is 10.8. The van der Waals surface area contributed by atoms with E-state index in [1.807, 2.05) is 0 Å². The summed E-state index contributed by atoms with van der Waals surface area (Å²) in [5.41, 5.74) is 0.533. The molecule has 4 nitrogen and oxygen atoms in total. The van der Waals surface area contributed by atoms with Crippen LogP contribution in [0, 0.1) is 12.7 Å². The lowest BCUT2D eigenvalue weighted by atomic mass is 10.2. The maximum absolute atomic E-state index is 13.6. The first kappa shape index (κ1) is 14.4. The molecule has 1 aromatic rings. The Morgan fingerprint density at radius 1 is 1.50 bits per heavy atom. The second kappa shape index (κ2) is 6.96. The fourth-order valence-electron chi connectivity index (χ4n) is 1.54. The lowest BCUT2D eigenvalue weighted by Gasteiger charge is -2.14. The van der Waals surface area contributed by atoms with Gasteiger partial charge in [0.05, 0.1) is 13.7 Å². The largest absolute Gasteiger partial charge is 0.490 e. The van der Waals surface area contributed by atoms with Gasteiger partial charge in [-0.3, -0.25) is 4.79 Å². The first-order chi connectivity index (χ1) is 8.60. The Kier molecular flexibility index (Phi) is 5.58. The van der Waals surface area contributed by atoms with Crippen molar-refractivity contribution in [3.63, 3.8) is 0 Å². The average Bonchev–Trinajstić information content (AvgIpc) is 2.38. The number of nitrogens with one attached hydrogen (secondary N) is 1. The SMILES string of the molecule is CNC(CCOc1cccc(C)c1F)C(=O)OC. The fourth-order valence-corrected chi connectivity index (χ4v) is 1.54. The van der Waals surface area contributed by atoms with E-state index < -0.39 is 6.04 Å². The molecule has 1 atom stereocenters. The smallest absolute Gasteiger partial charge is 0.322 e. The third kappa shape index (κ3) is 3.70. The minimum atomic E-state index is -0.442. The normalized spacial score (nSPS) is 12.0. The van der Waals surface area contributed by atoms with Gasteiger partial charge in [-0.2, -0.15) is 0 Å². The van der Waals surface area contributed by atoms with Gasteiger partial charge in [0.15, 0.2) is 11.6 Å². The van der Waals surface area contributed by atoms with Crippen molar-refractivity contribution < 1.29 is 18.7 Å². The summed E-state index contributed by atoms with van der Waals surface area (Å²) in [5, 5.41) is 2.82. The Bertz CT molecular complexity index is 409. The molecule has 1 rings (SSSR count). The molecule has 0 heterocycles. The molecular weight excluding hydrogens is 237 g/mol. The van der Waals surface area contributed by atoms with Gasteiger partial charge in [-0.1, -0.05) is 12.1 Å². The van der Waals surface area contributed by atoms with Gasteiger partial charge in [-0.05, 0) is 25.6 Å². The van der Waals surface area contributed by atoms with E-state index >= 15 is 0 Å². The van der Waals surface area contributed by atoms with Gasteiger partial charge < -0.3 is 14.8 Å². The highest BCUT2D eigenvalue weighted by Crippen LogP contribution is 2.19. The number of likely N-dealkylation sites (N-methyl/N-ethyl adjacent to an activating group) is 1. The summed E-state index contributed by atoms with van der Waals surface area (Å²) in [5.74, 6) is -0.517. The summed E-state index contributed by atoms with van der Waals surface area (Å²) in [6.45, 7) is 1.91. The maximum Gasteiger partial charge on any atom is 0.322 e. The van der Waals surface area contributed by atoms with Crippen LogP contribution in [-0.4, -0.2) is 32.8 Å². The van der Waals surface area contributed by atoms with E-state index in [1.165, 1.54) is 7.11 Å². The number of rotatable bonds is 6. The minimum Gasteiger partial charge on any atom is -0.490 e. The quantitative estimate of drug-likeness (QED) is 0.785. The number of methoxy groups -OCH3 is 1. The first-order valence-electron chi connectivity index (χ1n) is 5.73. The second-order valence-electron chi connectivity index (χ2n) is 3.89. The Balaban J connectivity index is 2.50. The molecule has 0 aromatic heterocycles. The predicted molar refractivity (Wildman–Crippen MR) is 66.1 cm³/mol. The summed E-state index contributed by atoms with van der Waals surface area (Å²) in [6.07, 6.45) is 0.413. The van der Waals surface area contributed by atoms with E-state index in [9.17, 15) is 9.18 Å². The monoisotopic (exact) mass is 255 g/mol. The van der Waals surface area contributed by atoms with E-state index in [2.05, 4.69) is 10.1 Å². The molecule has 0 fully saturated rings. The molecule has 0 saturated heterocycles. The standard InChI is InChI=1S/C13H18FNO3/c1-9-5-4-6-11(12(9)14)18-8-7-10(15-2)13(16)17-3/h4-6,10,15H,7-8H2,1-3H3. The van der Waals surface area contributed by atoms with Crippen LogP contribution in [0.3, 0.4) is 0 Å². The van der Waals surface area contributed by atoms with Crippen LogP contribution in [-0.2, 0) is 9.53 Å². The zero-order valence-corrected chi connectivity index (χ0v) is 10.8. The molecule has 5 heteroatoms. The number of carbonyl (C=O) groups is 1. The summed E-state index contributed by atoms with van der Waals surface area (Å²) in [7, 11) is 2.99. The van der Waals surface area contributed by atoms with E-state index in [0.717, 1.165) is 0 Å². The second-order valence-corrected chi connectivity index (χ2v) is 3.89. The lowest BCUT2D eigenvalue weighted by Crippen LogP contribution is -2.36. The van der Waals surface area contributed by atoms with Crippen molar-refractivity contribution in [1.29, 1.82) is 0 Å². The van der Waals surface area contributed by atoms with E-state index in [-0.39, 0.29) is 24.1 Å². The molecule has 1 aromatic carbocycles. The number of ether oxygens (including phenoxy) is 2. The number of carbonyl (C=O) groups excluding carboxylic acids is 1. The van der Waals surface area contributed by atoms with Crippen LogP contribution in [0.5, 0.6) is 5.75 Å². The summed E-state index contributed by atoms with van der Waals surface area (Å²) < 4.78 is 23.5. The number of halogens is 1. The van der Waals surface area contributed by atoms with Crippen LogP contribution in [0.2, 0.25) is 0 Å². The van der Waals surface area contributed by atoms with Gasteiger partial charge in [-0.15, -0.1) is 0 Å². The van der Waals surface area contributed by atoms with E-state index in [4.69, 9.17) is 4.74 Å². The predicted octanol–water partition coefficient (Wildman–Crippen LogP) is 1.66. The molecule has 0 aliphatic heterocycles. The molecule has 1 unspecified atom stereocenters. The molecule has 0 spiro atoms. The van der Waals surface area contributed by atoms with Crippen LogP contribution in [0.4, 0.5) is 4.39 Å². The molecule has 0 amide bonds.